The molecule has 0 aliphatic heterocycles. The molecule has 0 N–H and O–H groups in total. The summed E-state index contributed by atoms with van der Waals surface area (Å²) < 4.78 is 16.1. The van der Waals surface area contributed by atoms with Gasteiger partial charge in [0.1, 0.15) is 41.2 Å². The number of ether oxygens (including phenoxy) is 3. The second kappa shape index (κ2) is 8.11. The van der Waals surface area contributed by atoms with Crippen LogP contribution < -0.4 is 24.6 Å². The van der Waals surface area contributed by atoms with Gasteiger partial charge >= 0.3 is 0 Å². The molecule has 0 aliphatic rings. The van der Waals surface area contributed by atoms with Gasteiger partial charge in [-0.15, -0.1) is 0 Å². The number of benzene rings is 3. The van der Waals surface area contributed by atoms with Crippen LogP contribution in [0, 0.1) is 45.3 Å². The Labute approximate surface area is 172 Å². The molecular formula is C23H14N4O3. The van der Waals surface area contributed by atoms with Crippen LogP contribution in [0.2, 0.25) is 0 Å². The quantitative estimate of drug-likeness (QED) is 0.625. The zero-order chi connectivity index (χ0) is 21.8. The number of hydrogen-bond donors (Lipinski definition) is 0. The maximum Gasteiger partial charge on any atom is 0.161 e. The zero-order valence-corrected chi connectivity index (χ0v) is 16.4. The minimum Gasteiger partial charge on any atom is -0.496 e. The van der Waals surface area contributed by atoms with Crippen molar-refractivity contribution >= 4 is 32.7 Å². The lowest BCUT2D eigenvalue weighted by atomic mass is 9.96. The van der Waals surface area contributed by atoms with E-state index in [1.807, 2.05) is 24.3 Å². The molecule has 0 bridgehead atoms. The van der Waals surface area contributed by atoms with Gasteiger partial charge in [0.2, 0.25) is 0 Å². The molecule has 0 heterocycles. The molecule has 3 aromatic rings. The number of methoxy groups -OCH3 is 3. The third kappa shape index (κ3) is 3.08. The van der Waals surface area contributed by atoms with Crippen molar-refractivity contribution < 1.29 is 14.2 Å². The summed E-state index contributed by atoms with van der Waals surface area (Å²) in [5.74, 6) is 1.25. The van der Waals surface area contributed by atoms with Gasteiger partial charge in [0, 0.05) is 5.22 Å². The van der Waals surface area contributed by atoms with E-state index in [1.54, 1.807) is 24.3 Å². The van der Waals surface area contributed by atoms with Crippen LogP contribution in [-0.4, -0.2) is 21.3 Å². The Morgan fingerprint density at radius 1 is 0.600 bits per heavy atom. The lowest BCUT2D eigenvalue weighted by Crippen LogP contribution is -2.18. The summed E-state index contributed by atoms with van der Waals surface area (Å²) in [6.45, 7) is 0. The summed E-state index contributed by atoms with van der Waals surface area (Å²) in [6, 6.07) is 16.2. The minimum atomic E-state index is -0.140. The smallest absolute Gasteiger partial charge is 0.161 e. The first kappa shape index (κ1) is 20.0. The van der Waals surface area contributed by atoms with E-state index in [4.69, 9.17) is 14.2 Å². The van der Waals surface area contributed by atoms with E-state index in [2.05, 4.69) is 0 Å². The Hall–Kier alpha value is -4.72. The molecule has 0 fully saturated rings. The Morgan fingerprint density at radius 2 is 1.07 bits per heavy atom. The van der Waals surface area contributed by atoms with Crippen molar-refractivity contribution in [2.45, 2.75) is 0 Å². The molecule has 0 saturated carbocycles. The molecule has 0 amide bonds. The van der Waals surface area contributed by atoms with Gasteiger partial charge in [-0.3, -0.25) is 0 Å². The third-order valence-corrected chi connectivity index (χ3v) is 4.75. The molecule has 0 atom stereocenters. The third-order valence-electron chi connectivity index (χ3n) is 4.75. The van der Waals surface area contributed by atoms with Crippen LogP contribution in [0.15, 0.2) is 30.3 Å². The van der Waals surface area contributed by atoms with Crippen molar-refractivity contribution in [2.75, 3.05) is 21.3 Å². The molecule has 0 radical (unpaired) electrons. The molecule has 30 heavy (non-hydrogen) atoms. The van der Waals surface area contributed by atoms with Gasteiger partial charge in [0.15, 0.2) is 11.5 Å². The van der Waals surface area contributed by atoms with E-state index in [9.17, 15) is 21.0 Å². The summed E-state index contributed by atoms with van der Waals surface area (Å²) >= 11 is 0. The predicted molar refractivity (Wildman–Crippen MR) is 110 cm³/mol. The van der Waals surface area contributed by atoms with Crippen LogP contribution in [0.5, 0.6) is 17.2 Å². The maximum absolute atomic E-state index is 9.48. The largest absolute Gasteiger partial charge is 0.496 e. The lowest BCUT2D eigenvalue weighted by molar-refractivity contribution is 0.356. The summed E-state index contributed by atoms with van der Waals surface area (Å²) in [5, 5.41) is 41.1. The first-order chi connectivity index (χ1) is 14.6. The van der Waals surface area contributed by atoms with Crippen molar-refractivity contribution in [2.24, 2.45) is 0 Å². The Balaban J connectivity index is 2.76. The number of rotatable bonds is 3. The van der Waals surface area contributed by atoms with Crippen LogP contribution in [0.4, 0.5) is 0 Å². The summed E-state index contributed by atoms with van der Waals surface area (Å²) in [7, 11) is 4.45. The molecule has 0 saturated heterocycles. The maximum atomic E-state index is 9.48. The van der Waals surface area contributed by atoms with Crippen molar-refractivity contribution in [3.63, 3.8) is 0 Å². The van der Waals surface area contributed by atoms with Crippen LogP contribution in [0.1, 0.15) is 0 Å². The van der Waals surface area contributed by atoms with Gasteiger partial charge in [-0.25, -0.2) is 0 Å². The van der Waals surface area contributed by atoms with Crippen molar-refractivity contribution in [3.8, 4) is 41.5 Å². The molecule has 0 aromatic heterocycles. The average Bonchev–Trinajstić information content (AvgIpc) is 2.79. The van der Waals surface area contributed by atoms with E-state index in [1.165, 1.54) is 27.4 Å². The molecular weight excluding hydrogens is 380 g/mol. The number of fused-ring (bicyclic) bond motifs is 2. The lowest BCUT2D eigenvalue weighted by Gasteiger charge is -2.12. The van der Waals surface area contributed by atoms with E-state index in [0.717, 1.165) is 10.8 Å². The summed E-state index contributed by atoms with van der Waals surface area (Å²) in [4.78, 5) is 0. The normalized spacial score (nSPS) is 9.70. The van der Waals surface area contributed by atoms with Crippen molar-refractivity contribution in [1.82, 2.24) is 0 Å². The highest BCUT2D eigenvalue weighted by molar-refractivity contribution is 6.03. The monoisotopic (exact) mass is 394 g/mol. The fraction of sp³-hybridized carbons (Fsp3) is 0.130. The van der Waals surface area contributed by atoms with E-state index < -0.39 is 0 Å². The molecule has 7 heteroatoms. The zero-order valence-electron chi connectivity index (χ0n) is 16.4. The Bertz CT molecular complexity index is 1460. The standard InChI is InChI=1S/C23H14N4O3/c1-28-20-6-13-4-18-17(15(9-24)10-25)8-22(30-3)23(16(11-26)12-27)19(18)5-14(13)7-21(20)29-2/h4-8H,1-3H3. The fourth-order valence-electron chi connectivity index (χ4n) is 3.38. The van der Waals surface area contributed by atoms with Gasteiger partial charge in [-0.05, 0) is 51.9 Å². The van der Waals surface area contributed by atoms with Crippen LogP contribution >= 0.6 is 0 Å². The summed E-state index contributed by atoms with van der Waals surface area (Å²) in [5.41, 5.74) is -0.251. The van der Waals surface area contributed by atoms with Crippen molar-refractivity contribution in [1.29, 1.82) is 21.0 Å². The first-order valence-corrected chi connectivity index (χ1v) is 8.62. The van der Waals surface area contributed by atoms with Crippen LogP contribution in [0.25, 0.3) is 32.7 Å². The molecule has 0 spiro atoms. The van der Waals surface area contributed by atoms with Gasteiger partial charge < -0.3 is 14.2 Å². The van der Waals surface area contributed by atoms with E-state index >= 15 is 0 Å². The molecule has 3 aromatic carbocycles. The Kier molecular flexibility index (Phi) is 5.41. The van der Waals surface area contributed by atoms with E-state index in [-0.39, 0.29) is 16.9 Å². The highest BCUT2D eigenvalue weighted by atomic mass is 16.5. The molecule has 0 unspecified atom stereocenters. The van der Waals surface area contributed by atoms with Gasteiger partial charge in [0.25, 0.3) is 0 Å². The van der Waals surface area contributed by atoms with Gasteiger partial charge in [-0.2, -0.15) is 21.0 Å². The average molecular weight is 394 g/mol. The second-order valence-electron chi connectivity index (χ2n) is 6.15. The van der Waals surface area contributed by atoms with Crippen LogP contribution in [-0.2, 0) is 0 Å². The first-order valence-electron chi connectivity index (χ1n) is 8.62. The highest BCUT2D eigenvalue weighted by Gasteiger charge is 2.14. The van der Waals surface area contributed by atoms with Crippen molar-refractivity contribution in [3.05, 3.63) is 40.8 Å². The Morgan fingerprint density at radius 3 is 1.50 bits per heavy atom. The molecule has 144 valence electrons. The van der Waals surface area contributed by atoms with Gasteiger partial charge in [0.05, 0.1) is 26.5 Å². The van der Waals surface area contributed by atoms with E-state index in [0.29, 0.717) is 32.7 Å². The predicted octanol–water partition coefficient (Wildman–Crippen LogP) is 2.41. The van der Waals surface area contributed by atoms with Crippen LogP contribution in [0.3, 0.4) is 0 Å². The number of nitriles is 4. The van der Waals surface area contributed by atoms with Gasteiger partial charge in [-0.1, -0.05) is 0 Å². The molecule has 3 rings (SSSR count). The number of hydrogen-bond acceptors (Lipinski definition) is 7. The fourth-order valence-corrected chi connectivity index (χ4v) is 3.38. The summed E-state index contributed by atoms with van der Waals surface area (Å²) in [6.07, 6.45) is 0. The topological polar surface area (TPSA) is 123 Å². The highest BCUT2D eigenvalue weighted by Crippen LogP contribution is 2.33. The minimum absolute atomic E-state index is 0.111. The SMILES string of the molecule is COc1cc2cc3c(=C(C#N)C#N)cc(OC)c(=C(C#N)C#N)c3cc2cc1OC. The molecule has 7 nitrogen and oxygen atoms in total. The second-order valence-corrected chi connectivity index (χ2v) is 6.15. The molecule has 0 aliphatic carbocycles. The number of nitrogens with zero attached hydrogens (tertiary/aromatic N) is 4.